The third-order valence-electron chi connectivity index (χ3n) is 6.08. The highest BCUT2D eigenvalue weighted by atomic mass is 31.2. The van der Waals surface area contributed by atoms with Crippen LogP contribution in [0.3, 0.4) is 0 Å². The highest BCUT2D eigenvalue weighted by molar-refractivity contribution is 7.51. The second-order valence-electron chi connectivity index (χ2n) is 8.78. The van der Waals surface area contributed by atoms with E-state index in [4.69, 9.17) is 5.11 Å². The first-order valence-corrected chi connectivity index (χ1v) is 13.1. The Hall–Kier alpha value is -3.27. The Kier molecular flexibility index (Phi) is 7.20. The Bertz CT molecular complexity index is 1160. The highest BCUT2D eigenvalue weighted by Crippen LogP contribution is 2.41. The maximum Gasteiger partial charge on any atom is 0.407 e. The third-order valence-corrected chi connectivity index (χ3v) is 6.93. The fourth-order valence-corrected chi connectivity index (χ4v) is 4.79. The molecule has 1 atom stereocenters. The Labute approximate surface area is 201 Å². The zero-order valence-corrected chi connectivity index (χ0v) is 19.8. The van der Waals surface area contributed by atoms with Gasteiger partial charge in [0.25, 0.3) is 5.91 Å². The van der Waals surface area contributed by atoms with Crippen LogP contribution in [0.25, 0.3) is 11.3 Å². The number of amides is 3. The molecule has 1 aromatic carbocycles. The minimum Gasteiger partial charge on any atom is -0.465 e. The predicted octanol–water partition coefficient (Wildman–Crippen LogP) is 1.72. The molecule has 4 N–H and O–H groups in total. The van der Waals surface area contributed by atoms with Crippen LogP contribution in [-0.4, -0.2) is 86.0 Å². The summed E-state index contributed by atoms with van der Waals surface area (Å²) < 4.78 is 11.7. The number of piperazine rings is 1. The van der Waals surface area contributed by atoms with Crippen molar-refractivity contribution in [1.82, 2.24) is 20.1 Å². The van der Waals surface area contributed by atoms with E-state index < -0.39 is 37.7 Å². The van der Waals surface area contributed by atoms with Crippen molar-refractivity contribution in [3.8, 4) is 11.3 Å². The summed E-state index contributed by atoms with van der Waals surface area (Å²) in [7, 11) is -4.66. The van der Waals surface area contributed by atoms with E-state index in [1.54, 1.807) is 6.07 Å². The van der Waals surface area contributed by atoms with Crippen molar-refractivity contribution < 1.29 is 33.8 Å². The van der Waals surface area contributed by atoms with Gasteiger partial charge in [-0.05, 0) is 36.5 Å². The zero-order valence-electron chi connectivity index (χ0n) is 18.9. The maximum atomic E-state index is 13.2. The van der Waals surface area contributed by atoms with Crippen LogP contribution in [0, 0.1) is 0 Å². The van der Waals surface area contributed by atoms with Gasteiger partial charge in [0.05, 0.1) is 11.9 Å². The molecule has 1 saturated heterocycles. The molecule has 1 unspecified atom stereocenters. The Morgan fingerprint density at radius 1 is 1.03 bits per heavy atom. The number of pyridine rings is 1. The lowest BCUT2D eigenvalue weighted by atomic mass is 10.0. The van der Waals surface area contributed by atoms with Gasteiger partial charge in [-0.2, -0.15) is 0 Å². The van der Waals surface area contributed by atoms with Crippen molar-refractivity contribution in [3.63, 3.8) is 0 Å². The minimum atomic E-state index is -4.66. The lowest BCUT2D eigenvalue weighted by molar-refractivity contribution is -0.134. The summed E-state index contributed by atoms with van der Waals surface area (Å²) in [6, 6.07) is 11.4. The number of carbonyl (C=O) groups excluding carboxylic acids is 2. The van der Waals surface area contributed by atoms with Crippen LogP contribution in [0.5, 0.6) is 0 Å². The minimum absolute atomic E-state index is 0.0617. The molecular weight excluding hydrogens is 475 g/mol. The van der Waals surface area contributed by atoms with Gasteiger partial charge in [0, 0.05) is 31.7 Å². The van der Waals surface area contributed by atoms with Gasteiger partial charge in [-0.1, -0.05) is 30.3 Å². The van der Waals surface area contributed by atoms with Crippen LogP contribution in [0.1, 0.15) is 34.8 Å². The van der Waals surface area contributed by atoms with E-state index in [0.29, 0.717) is 11.6 Å². The molecule has 3 amide bonds. The van der Waals surface area contributed by atoms with E-state index in [9.17, 15) is 28.7 Å². The monoisotopic (exact) mass is 502 g/mol. The first-order valence-electron chi connectivity index (χ1n) is 11.3. The van der Waals surface area contributed by atoms with Gasteiger partial charge in [0.1, 0.15) is 11.7 Å². The van der Waals surface area contributed by atoms with E-state index in [2.05, 4.69) is 10.3 Å². The number of carbonyl (C=O) groups is 3. The van der Waals surface area contributed by atoms with Gasteiger partial charge in [0.15, 0.2) is 0 Å². The summed E-state index contributed by atoms with van der Waals surface area (Å²) in [5, 5.41) is 11.6. The van der Waals surface area contributed by atoms with Crippen LogP contribution in [0.4, 0.5) is 4.79 Å². The summed E-state index contributed by atoms with van der Waals surface area (Å²) >= 11 is 0. The van der Waals surface area contributed by atoms with E-state index in [1.807, 2.05) is 36.4 Å². The lowest BCUT2D eigenvalue weighted by Crippen LogP contribution is -2.56. The Balaban J connectivity index is 1.56. The Morgan fingerprint density at radius 3 is 2.23 bits per heavy atom. The first-order chi connectivity index (χ1) is 16.6. The average Bonchev–Trinajstić information content (AvgIpc) is 3.68. The third kappa shape index (κ3) is 6.45. The average molecular weight is 502 g/mol. The normalized spacial score (nSPS) is 17.1. The first kappa shape index (κ1) is 24.8. The number of hydrogen-bond acceptors (Lipinski definition) is 5. The molecule has 1 aliphatic carbocycles. The van der Waals surface area contributed by atoms with Crippen LogP contribution < -0.4 is 5.32 Å². The van der Waals surface area contributed by atoms with E-state index >= 15 is 0 Å². The number of nitrogens with one attached hydrogen (secondary N) is 1. The topological polar surface area (TPSA) is 160 Å². The number of nitrogens with zero attached hydrogens (tertiary/aromatic N) is 3. The molecule has 0 radical (unpaired) electrons. The molecule has 11 nitrogen and oxygen atoms in total. The summed E-state index contributed by atoms with van der Waals surface area (Å²) in [4.78, 5) is 63.4. The molecule has 35 heavy (non-hydrogen) atoms. The molecule has 2 fully saturated rings. The van der Waals surface area contributed by atoms with Crippen molar-refractivity contribution in [2.75, 3.05) is 32.3 Å². The molecule has 0 spiro atoms. The van der Waals surface area contributed by atoms with Crippen LogP contribution in [0.15, 0.2) is 42.5 Å². The standard InChI is InChI=1S/C23H27N4O7P/c28-21(19-13-17(15-6-7-15)12-18(24-19)16-4-2-1-3-5-16)25-20(14-35(32,33)34)22(29)26-8-10-27(11-9-26)23(30)31/h1-5,12-13,15,20H,6-11,14H2,(H,25,28)(H,30,31)(H2,32,33,34). The van der Waals surface area contributed by atoms with Crippen LogP contribution in [0.2, 0.25) is 0 Å². The lowest BCUT2D eigenvalue weighted by Gasteiger charge is -2.35. The summed E-state index contributed by atoms with van der Waals surface area (Å²) in [5.74, 6) is -1.06. The van der Waals surface area contributed by atoms with E-state index in [0.717, 1.165) is 28.9 Å². The predicted molar refractivity (Wildman–Crippen MR) is 126 cm³/mol. The van der Waals surface area contributed by atoms with Crippen molar-refractivity contribution in [3.05, 3.63) is 53.7 Å². The molecule has 12 heteroatoms. The molecule has 1 aliphatic heterocycles. The molecule has 0 bridgehead atoms. The van der Waals surface area contributed by atoms with Crippen LogP contribution >= 0.6 is 7.60 Å². The number of rotatable bonds is 7. The quantitative estimate of drug-likeness (QED) is 0.417. The second kappa shape index (κ2) is 10.2. The molecule has 2 heterocycles. The molecule has 186 valence electrons. The van der Waals surface area contributed by atoms with Gasteiger partial charge in [-0.25, -0.2) is 9.78 Å². The maximum absolute atomic E-state index is 13.2. The summed E-state index contributed by atoms with van der Waals surface area (Å²) in [5.41, 5.74) is 2.44. The molecule has 2 aromatic rings. The zero-order chi connectivity index (χ0) is 25.2. The number of aromatic nitrogens is 1. The fraction of sp³-hybridized carbons (Fsp3) is 0.391. The summed E-state index contributed by atoms with van der Waals surface area (Å²) in [6.45, 7) is 0.268. The summed E-state index contributed by atoms with van der Waals surface area (Å²) in [6.07, 6.45) is 0.0277. The van der Waals surface area contributed by atoms with Crippen molar-refractivity contribution in [1.29, 1.82) is 0 Å². The van der Waals surface area contributed by atoms with E-state index in [-0.39, 0.29) is 31.9 Å². The van der Waals surface area contributed by atoms with Gasteiger partial charge < -0.3 is 30.0 Å². The Morgan fingerprint density at radius 2 is 1.66 bits per heavy atom. The van der Waals surface area contributed by atoms with Gasteiger partial charge in [-0.15, -0.1) is 0 Å². The molecule has 2 aliphatic rings. The van der Waals surface area contributed by atoms with Gasteiger partial charge in [-0.3, -0.25) is 14.2 Å². The molecule has 4 rings (SSSR count). The van der Waals surface area contributed by atoms with Crippen molar-refractivity contribution >= 4 is 25.5 Å². The molecule has 1 saturated carbocycles. The van der Waals surface area contributed by atoms with Crippen molar-refractivity contribution in [2.24, 2.45) is 0 Å². The molecule has 1 aromatic heterocycles. The number of hydrogen-bond donors (Lipinski definition) is 4. The second-order valence-corrected chi connectivity index (χ2v) is 10.5. The van der Waals surface area contributed by atoms with Crippen LogP contribution in [-0.2, 0) is 9.36 Å². The van der Waals surface area contributed by atoms with E-state index in [1.165, 1.54) is 4.90 Å². The van der Waals surface area contributed by atoms with Gasteiger partial charge >= 0.3 is 13.7 Å². The number of carboxylic acid groups (broad SMARTS) is 1. The van der Waals surface area contributed by atoms with Gasteiger partial charge in [0.2, 0.25) is 5.91 Å². The smallest absolute Gasteiger partial charge is 0.407 e. The molecular formula is C23H27N4O7P. The number of benzene rings is 1. The highest BCUT2D eigenvalue weighted by Gasteiger charge is 2.35. The SMILES string of the molecule is O=C(NC(CP(=O)(O)O)C(=O)N1CCN(C(=O)O)CC1)c1cc(C2CC2)cc(-c2ccccc2)n1. The fourth-order valence-electron chi connectivity index (χ4n) is 4.07. The largest absolute Gasteiger partial charge is 0.465 e. The van der Waals surface area contributed by atoms with Crippen molar-refractivity contribution in [2.45, 2.75) is 24.8 Å².